The smallest absolute Gasteiger partial charge is 0.319 e. The zero-order valence-electron chi connectivity index (χ0n) is 15.1. The van der Waals surface area contributed by atoms with Crippen molar-refractivity contribution in [1.82, 2.24) is 10.2 Å². The van der Waals surface area contributed by atoms with E-state index >= 15 is 0 Å². The van der Waals surface area contributed by atoms with Crippen molar-refractivity contribution >= 4 is 34.3 Å². The number of anilines is 1. The van der Waals surface area contributed by atoms with Gasteiger partial charge in [0.05, 0.1) is 16.8 Å². The fourth-order valence-electron chi connectivity index (χ4n) is 3.38. The van der Waals surface area contributed by atoms with Gasteiger partial charge in [-0.15, -0.1) is 0 Å². The van der Waals surface area contributed by atoms with Crippen molar-refractivity contribution in [2.75, 3.05) is 18.4 Å². The quantitative estimate of drug-likeness (QED) is 0.529. The number of nitrogens with one attached hydrogen (secondary N) is 2. The molecule has 1 aliphatic heterocycles. The molecule has 0 saturated heterocycles. The van der Waals surface area contributed by atoms with Crippen molar-refractivity contribution < 1.29 is 14.4 Å². The van der Waals surface area contributed by atoms with E-state index in [9.17, 15) is 14.4 Å². The molecule has 0 radical (unpaired) electrons. The Hall–Kier alpha value is -3.67. The van der Waals surface area contributed by atoms with E-state index in [0.717, 1.165) is 16.5 Å². The third-order valence-electron chi connectivity index (χ3n) is 4.76. The van der Waals surface area contributed by atoms with Gasteiger partial charge in [-0.05, 0) is 30.0 Å². The number of nitrogens with zero attached hydrogens (tertiary/aromatic N) is 1. The molecular formula is C22H19N3O3. The molecule has 6 heteroatoms. The minimum atomic E-state index is -0.321. The van der Waals surface area contributed by atoms with E-state index in [-0.39, 0.29) is 24.4 Å². The summed E-state index contributed by atoms with van der Waals surface area (Å²) >= 11 is 0. The molecule has 1 heterocycles. The number of hydrogen-bond acceptors (Lipinski definition) is 3. The van der Waals surface area contributed by atoms with Gasteiger partial charge in [0.25, 0.3) is 11.8 Å². The Morgan fingerprint density at radius 1 is 0.821 bits per heavy atom. The van der Waals surface area contributed by atoms with Crippen LogP contribution in [0, 0.1) is 0 Å². The number of hydrogen-bond donors (Lipinski definition) is 2. The lowest BCUT2D eigenvalue weighted by molar-refractivity contribution is 0.0653. The molecule has 28 heavy (non-hydrogen) atoms. The minimum Gasteiger partial charge on any atom is -0.338 e. The van der Waals surface area contributed by atoms with E-state index < -0.39 is 0 Å². The summed E-state index contributed by atoms with van der Waals surface area (Å²) in [5.74, 6) is -0.554. The highest BCUT2D eigenvalue weighted by molar-refractivity contribution is 6.21. The van der Waals surface area contributed by atoms with E-state index in [1.807, 2.05) is 42.5 Å². The molecule has 6 nitrogen and oxygen atoms in total. The molecule has 1 aliphatic rings. The first kappa shape index (κ1) is 17.7. The van der Waals surface area contributed by atoms with Gasteiger partial charge in [0, 0.05) is 18.5 Å². The van der Waals surface area contributed by atoms with Gasteiger partial charge in [-0.1, -0.05) is 48.5 Å². The molecule has 3 aromatic carbocycles. The Bertz CT molecular complexity index is 1040. The lowest BCUT2D eigenvalue weighted by atomic mass is 10.1. The van der Waals surface area contributed by atoms with Crippen LogP contribution in [0.5, 0.6) is 0 Å². The molecule has 0 aliphatic carbocycles. The van der Waals surface area contributed by atoms with Crippen molar-refractivity contribution in [3.8, 4) is 0 Å². The SMILES string of the molecule is O=C(NCCCN1C(=O)c2ccccc2C1=O)Nc1cccc2ccccc12. The Kier molecular flexibility index (Phi) is 4.76. The van der Waals surface area contributed by atoms with Gasteiger partial charge >= 0.3 is 6.03 Å². The summed E-state index contributed by atoms with van der Waals surface area (Å²) in [6, 6.07) is 20.0. The third-order valence-corrected chi connectivity index (χ3v) is 4.76. The molecule has 140 valence electrons. The van der Waals surface area contributed by atoms with Crippen LogP contribution in [-0.4, -0.2) is 35.8 Å². The molecular weight excluding hydrogens is 354 g/mol. The van der Waals surface area contributed by atoms with Gasteiger partial charge in [-0.3, -0.25) is 14.5 Å². The number of carbonyl (C=O) groups is 3. The first-order valence-electron chi connectivity index (χ1n) is 9.13. The number of imide groups is 1. The van der Waals surface area contributed by atoms with Crippen LogP contribution in [0.25, 0.3) is 10.8 Å². The van der Waals surface area contributed by atoms with Gasteiger partial charge < -0.3 is 10.6 Å². The summed E-state index contributed by atoms with van der Waals surface area (Å²) in [6.45, 7) is 0.616. The number of urea groups is 1. The maximum absolute atomic E-state index is 12.3. The zero-order valence-corrected chi connectivity index (χ0v) is 15.1. The van der Waals surface area contributed by atoms with Crippen molar-refractivity contribution in [2.45, 2.75) is 6.42 Å². The van der Waals surface area contributed by atoms with Gasteiger partial charge in [-0.2, -0.15) is 0 Å². The van der Waals surface area contributed by atoms with Crippen LogP contribution in [0.2, 0.25) is 0 Å². The summed E-state index contributed by atoms with van der Waals surface area (Å²) in [4.78, 5) is 38.0. The predicted octanol–water partition coefficient (Wildman–Crippen LogP) is 3.65. The van der Waals surface area contributed by atoms with E-state index in [0.29, 0.717) is 24.1 Å². The van der Waals surface area contributed by atoms with Crippen LogP contribution in [0.4, 0.5) is 10.5 Å². The van der Waals surface area contributed by atoms with Crippen LogP contribution in [0.3, 0.4) is 0 Å². The maximum Gasteiger partial charge on any atom is 0.319 e. The first-order valence-corrected chi connectivity index (χ1v) is 9.13. The summed E-state index contributed by atoms with van der Waals surface area (Å²) < 4.78 is 0. The van der Waals surface area contributed by atoms with Crippen molar-refractivity contribution in [3.63, 3.8) is 0 Å². The number of rotatable bonds is 5. The van der Waals surface area contributed by atoms with Gasteiger partial charge in [-0.25, -0.2) is 4.79 Å². The topological polar surface area (TPSA) is 78.5 Å². The molecule has 0 spiro atoms. The van der Waals surface area contributed by atoms with Crippen LogP contribution < -0.4 is 10.6 Å². The highest BCUT2D eigenvalue weighted by atomic mass is 16.2. The van der Waals surface area contributed by atoms with Gasteiger partial charge in [0.1, 0.15) is 0 Å². The summed E-state index contributed by atoms with van der Waals surface area (Å²) in [7, 11) is 0. The first-order chi connectivity index (χ1) is 13.6. The Morgan fingerprint density at radius 3 is 2.21 bits per heavy atom. The number of amides is 4. The van der Waals surface area contributed by atoms with E-state index in [1.54, 1.807) is 24.3 Å². The maximum atomic E-state index is 12.3. The van der Waals surface area contributed by atoms with E-state index in [1.165, 1.54) is 4.90 Å². The van der Waals surface area contributed by atoms with E-state index in [4.69, 9.17) is 0 Å². The van der Waals surface area contributed by atoms with Gasteiger partial charge in [0.2, 0.25) is 0 Å². The molecule has 0 bridgehead atoms. The highest BCUT2D eigenvalue weighted by Gasteiger charge is 2.34. The van der Waals surface area contributed by atoms with Crippen molar-refractivity contribution in [1.29, 1.82) is 0 Å². The average Bonchev–Trinajstić information content (AvgIpc) is 2.96. The standard InChI is InChI=1S/C22H19N3O3/c26-20-17-10-3-4-11-18(17)21(27)25(20)14-6-13-23-22(28)24-19-12-5-8-15-7-1-2-9-16(15)19/h1-5,7-12H,6,13-14H2,(H2,23,24,28). The normalized spacial score (nSPS) is 12.9. The Balaban J connectivity index is 1.30. The molecule has 4 rings (SSSR count). The minimum absolute atomic E-state index is 0.265. The van der Waals surface area contributed by atoms with Crippen molar-refractivity contribution in [3.05, 3.63) is 77.9 Å². The number of fused-ring (bicyclic) bond motifs is 2. The second-order valence-electron chi connectivity index (χ2n) is 6.57. The third kappa shape index (κ3) is 3.32. The highest BCUT2D eigenvalue weighted by Crippen LogP contribution is 2.23. The number of carbonyl (C=O) groups excluding carboxylic acids is 3. The monoisotopic (exact) mass is 373 g/mol. The van der Waals surface area contributed by atoms with Crippen LogP contribution >= 0.6 is 0 Å². The lowest BCUT2D eigenvalue weighted by Gasteiger charge is -2.14. The molecule has 0 aromatic heterocycles. The van der Waals surface area contributed by atoms with Crippen LogP contribution in [0.1, 0.15) is 27.1 Å². The van der Waals surface area contributed by atoms with Gasteiger partial charge in [0.15, 0.2) is 0 Å². The molecule has 3 aromatic rings. The summed E-state index contributed by atoms with van der Waals surface area (Å²) in [5.41, 5.74) is 1.61. The zero-order chi connectivity index (χ0) is 19.5. The van der Waals surface area contributed by atoms with E-state index in [2.05, 4.69) is 10.6 Å². The van der Waals surface area contributed by atoms with Crippen LogP contribution in [0.15, 0.2) is 66.7 Å². The molecule has 2 N–H and O–H groups in total. The molecule has 4 amide bonds. The second-order valence-corrected chi connectivity index (χ2v) is 6.57. The average molecular weight is 373 g/mol. The molecule has 0 saturated carbocycles. The predicted molar refractivity (Wildman–Crippen MR) is 107 cm³/mol. The largest absolute Gasteiger partial charge is 0.338 e. The summed E-state index contributed by atoms with van der Waals surface area (Å²) in [5, 5.41) is 7.63. The second kappa shape index (κ2) is 7.52. The van der Waals surface area contributed by atoms with Crippen LogP contribution in [-0.2, 0) is 0 Å². The Labute approximate surface area is 162 Å². The summed E-state index contributed by atoms with van der Waals surface area (Å²) in [6.07, 6.45) is 0.481. The molecule has 0 unspecified atom stereocenters. The van der Waals surface area contributed by atoms with Crippen molar-refractivity contribution in [2.24, 2.45) is 0 Å². The lowest BCUT2D eigenvalue weighted by Crippen LogP contribution is -2.35. The number of benzene rings is 3. The molecule has 0 atom stereocenters. The fourth-order valence-corrected chi connectivity index (χ4v) is 3.38. The Morgan fingerprint density at radius 2 is 1.46 bits per heavy atom. The molecule has 0 fully saturated rings. The fraction of sp³-hybridized carbons (Fsp3) is 0.136.